The van der Waals surface area contributed by atoms with E-state index in [0.717, 1.165) is 5.56 Å². The predicted octanol–water partition coefficient (Wildman–Crippen LogP) is 4.39. The van der Waals surface area contributed by atoms with Gasteiger partial charge in [0, 0.05) is 17.3 Å². The first-order chi connectivity index (χ1) is 15.0. The number of benzene rings is 3. The molecule has 0 saturated carbocycles. The first-order valence-corrected chi connectivity index (χ1v) is 9.59. The van der Waals surface area contributed by atoms with Gasteiger partial charge in [-0.1, -0.05) is 42.5 Å². The number of nitrogens with zero attached hydrogens (tertiary/aromatic N) is 1. The van der Waals surface area contributed by atoms with Crippen molar-refractivity contribution in [2.45, 2.75) is 13.0 Å². The number of anilines is 2. The molecule has 158 valence electrons. The van der Waals surface area contributed by atoms with E-state index in [9.17, 15) is 19.7 Å². The third-order valence-corrected chi connectivity index (χ3v) is 4.36. The minimum atomic E-state index is -0.558. The van der Waals surface area contributed by atoms with Crippen LogP contribution in [0.3, 0.4) is 0 Å². The van der Waals surface area contributed by atoms with E-state index in [1.165, 1.54) is 30.3 Å². The Morgan fingerprint density at radius 1 is 0.871 bits per heavy atom. The van der Waals surface area contributed by atoms with Crippen molar-refractivity contribution in [3.8, 4) is 0 Å². The van der Waals surface area contributed by atoms with Crippen molar-refractivity contribution in [2.24, 2.45) is 0 Å². The zero-order valence-electron chi connectivity index (χ0n) is 16.6. The van der Waals surface area contributed by atoms with Crippen molar-refractivity contribution >= 4 is 28.9 Å². The largest absolute Gasteiger partial charge is 0.376 e. The van der Waals surface area contributed by atoms with Crippen molar-refractivity contribution in [3.05, 3.63) is 100 Å². The number of ether oxygens (including phenoxy) is 1. The molecular weight excluding hydrogens is 398 g/mol. The number of amides is 2. The average Bonchev–Trinajstić information content (AvgIpc) is 2.78. The molecule has 0 aliphatic heterocycles. The summed E-state index contributed by atoms with van der Waals surface area (Å²) in [5.41, 5.74) is 1.81. The van der Waals surface area contributed by atoms with E-state index in [-0.39, 0.29) is 30.3 Å². The molecule has 0 heterocycles. The summed E-state index contributed by atoms with van der Waals surface area (Å²) in [5.74, 6) is -0.688. The van der Waals surface area contributed by atoms with Crippen molar-refractivity contribution in [3.63, 3.8) is 0 Å². The van der Waals surface area contributed by atoms with Crippen molar-refractivity contribution < 1.29 is 19.2 Å². The molecule has 8 heteroatoms. The van der Waals surface area contributed by atoms with Gasteiger partial charge in [0.05, 0.1) is 24.6 Å². The maximum atomic E-state index is 12.4. The van der Waals surface area contributed by atoms with Gasteiger partial charge in [0.1, 0.15) is 5.69 Å². The van der Waals surface area contributed by atoms with Crippen LogP contribution in [-0.2, 0) is 16.1 Å². The van der Waals surface area contributed by atoms with Crippen LogP contribution >= 0.6 is 0 Å². The van der Waals surface area contributed by atoms with Gasteiger partial charge in [0.2, 0.25) is 5.91 Å². The maximum Gasteiger partial charge on any atom is 0.292 e. The van der Waals surface area contributed by atoms with Crippen molar-refractivity contribution in [1.29, 1.82) is 0 Å². The Morgan fingerprint density at radius 3 is 2.26 bits per heavy atom. The molecule has 0 spiro atoms. The highest BCUT2D eigenvalue weighted by molar-refractivity contribution is 6.05. The van der Waals surface area contributed by atoms with Crippen LogP contribution in [0.4, 0.5) is 17.1 Å². The Balaban J connectivity index is 1.47. The highest BCUT2D eigenvalue weighted by Crippen LogP contribution is 2.24. The average molecular weight is 419 g/mol. The molecule has 31 heavy (non-hydrogen) atoms. The van der Waals surface area contributed by atoms with Gasteiger partial charge >= 0.3 is 0 Å². The zero-order valence-corrected chi connectivity index (χ0v) is 16.6. The number of nitro benzene ring substituents is 1. The molecular formula is C23H21N3O5. The summed E-state index contributed by atoms with van der Waals surface area (Å²) in [6.07, 6.45) is 0.201. The van der Waals surface area contributed by atoms with E-state index < -0.39 is 10.8 Å². The number of hydrogen-bond donors (Lipinski definition) is 2. The number of nitro groups is 1. The fraction of sp³-hybridized carbons (Fsp3) is 0.130. The maximum absolute atomic E-state index is 12.4. The Kier molecular flexibility index (Phi) is 7.45. The van der Waals surface area contributed by atoms with Crippen LogP contribution in [0.2, 0.25) is 0 Å². The monoisotopic (exact) mass is 419 g/mol. The lowest BCUT2D eigenvalue weighted by Gasteiger charge is -2.08. The van der Waals surface area contributed by atoms with E-state index >= 15 is 0 Å². The van der Waals surface area contributed by atoms with E-state index in [4.69, 9.17) is 4.74 Å². The highest BCUT2D eigenvalue weighted by Gasteiger charge is 2.15. The summed E-state index contributed by atoms with van der Waals surface area (Å²) in [4.78, 5) is 34.9. The third kappa shape index (κ3) is 6.48. The summed E-state index contributed by atoms with van der Waals surface area (Å²) in [6.45, 7) is 0.731. The van der Waals surface area contributed by atoms with Crippen LogP contribution < -0.4 is 10.6 Å². The van der Waals surface area contributed by atoms with Gasteiger partial charge < -0.3 is 15.4 Å². The number of carbonyl (C=O) groups is 2. The standard InChI is InChI=1S/C23H21N3O5/c27-22(14-15-31-16-17-6-2-1-3-7-17)24-19-12-10-18(11-13-19)23(28)25-20-8-4-5-9-21(20)26(29)30/h1-13H,14-16H2,(H,24,27)(H,25,28). The van der Waals surface area contributed by atoms with Crippen LogP contribution in [0.15, 0.2) is 78.9 Å². The second-order valence-corrected chi connectivity index (χ2v) is 6.64. The fourth-order valence-corrected chi connectivity index (χ4v) is 2.79. The van der Waals surface area contributed by atoms with Crippen molar-refractivity contribution in [1.82, 2.24) is 0 Å². The Morgan fingerprint density at radius 2 is 1.55 bits per heavy atom. The molecule has 0 aliphatic carbocycles. The minimum Gasteiger partial charge on any atom is -0.376 e. The van der Waals surface area contributed by atoms with Gasteiger partial charge in [-0.25, -0.2) is 0 Å². The van der Waals surface area contributed by atoms with Crippen LogP contribution in [0.25, 0.3) is 0 Å². The first-order valence-electron chi connectivity index (χ1n) is 9.59. The second-order valence-electron chi connectivity index (χ2n) is 6.64. The Bertz CT molecular complexity index is 1050. The molecule has 0 fully saturated rings. The number of carbonyl (C=O) groups excluding carboxylic acids is 2. The van der Waals surface area contributed by atoms with Gasteiger partial charge in [0.25, 0.3) is 11.6 Å². The molecule has 0 bridgehead atoms. The van der Waals surface area contributed by atoms with E-state index in [2.05, 4.69) is 10.6 Å². The Labute approximate surface area is 179 Å². The summed E-state index contributed by atoms with van der Waals surface area (Å²) < 4.78 is 5.50. The quantitative estimate of drug-likeness (QED) is 0.304. The van der Waals surface area contributed by atoms with Gasteiger partial charge in [-0.05, 0) is 35.9 Å². The van der Waals surface area contributed by atoms with Gasteiger partial charge in [-0.15, -0.1) is 0 Å². The van der Waals surface area contributed by atoms with E-state index in [1.807, 2.05) is 30.3 Å². The molecule has 0 atom stereocenters. The Hall–Kier alpha value is -4.04. The number of nitrogens with one attached hydrogen (secondary N) is 2. The highest BCUT2D eigenvalue weighted by atomic mass is 16.6. The number of rotatable bonds is 9. The predicted molar refractivity (Wildman–Crippen MR) is 117 cm³/mol. The lowest BCUT2D eigenvalue weighted by atomic mass is 10.1. The molecule has 0 aromatic heterocycles. The second kappa shape index (κ2) is 10.7. The van der Waals surface area contributed by atoms with Crippen molar-refractivity contribution in [2.75, 3.05) is 17.2 Å². The van der Waals surface area contributed by atoms with Crippen LogP contribution in [0.1, 0.15) is 22.3 Å². The summed E-state index contributed by atoms with van der Waals surface area (Å²) in [5, 5.41) is 16.3. The van der Waals surface area contributed by atoms with E-state index in [0.29, 0.717) is 17.9 Å². The molecule has 3 rings (SSSR count). The van der Waals surface area contributed by atoms with Gasteiger partial charge in [-0.3, -0.25) is 19.7 Å². The number of hydrogen-bond acceptors (Lipinski definition) is 5. The lowest BCUT2D eigenvalue weighted by Crippen LogP contribution is -2.15. The smallest absolute Gasteiger partial charge is 0.292 e. The van der Waals surface area contributed by atoms with Crippen LogP contribution in [0, 0.1) is 10.1 Å². The van der Waals surface area contributed by atoms with Gasteiger partial charge in [0.15, 0.2) is 0 Å². The third-order valence-electron chi connectivity index (χ3n) is 4.36. The van der Waals surface area contributed by atoms with Crippen LogP contribution in [-0.4, -0.2) is 23.3 Å². The lowest BCUT2D eigenvalue weighted by molar-refractivity contribution is -0.383. The summed E-state index contributed by atoms with van der Waals surface area (Å²) >= 11 is 0. The zero-order chi connectivity index (χ0) is 22.1. The molecule has 8 nitrogen and oxygen atoms in total. The molecule has 0 saturated heterocycles. The molecule has 2 amide bonds. The first kappa shape index (κ1) is 21.7. The molecule has 0 aliphatic rings. The summed E-state index contributed by atoms with van der Waals surface area (Å²) in [6, 6.07) is 21.8. The topological polar surface area (TPSA) is 111 Å². The molecule has 0 unspecified atom stereocenters. The van der Waals surface area contributed by atoms with E-state index in [1.54, 1.807) is 18.2 Å². The molecule has 0 radical (unpaired) electrons. The molecule has 3 aromatic carbocycles. The van der Waals surface area contributed by atoms with Crippen LogP contribution in [0.5, 0.6) is 0 Å². The minimum absolute atomic E-state index is 0.116. The molecule has 3 aromatic rings. The van der Waals surface area contributed by atoms with Gasteiger partial charge in [-0.2, -0.15) is 0 Å². The fourth-order valence-electron chi connectivity index (χ4n) is 2.79. The SMILES string of the molecule is O=C(CCOCc1ccccc1)Nc1ccc(C(=O)Nc2ccccc2[N+](=O)[O-])cc1. The number of para-hydroxylation sites is 2. The summed E-state index contributed by atoms with van der Waals surface area (Å²) in [7, 11) is 0. The normalized spacial score (nSPS) is 10.3. The molecule has 2 N–H and O–H groups in total.